The van der Waals surface area contributed by atoms with Crippen LogP contribution >= 0.6 is 12.2 Å². The van der Waals surface area contributed by atoms with Gasteiger partial charge in [-0.2, -0.15) is 0 Å². The quantitative estimate of drug-likeness (QED) is 0.674. The van der Waals surface area contributed by atoms with Crippen molar-refractivity contribution in [3.8, 4) is 0 Å². The van der Waals surface area contributed by atoms with E-state index >= 15 is 0 Å². The Bertz CT molecular complexity index is 486. The van der Waals surface area contributed by atoms with Gasteiger partial charge in [-0.25, -0.2) is 0 Å². The second kappa shape index (κ2) is 7.85. The van der Waals surface area contributed by atoms with Gasteiger partial charge in [-0.3, -0.25) is 4.79 Å². The fourth-order valence-electron chi connectivity index (χ4n) is 1.74. The lowest BCUT2D eigenvalue weighted by molar-refractivity contribution is -0.120. The van der Waals surface area contributed by atoms with Gasteiger partial charge in [-0.1, -0.05) is 32.1 Å². The van der Waals surface area contributed by atoms with Crippen molar-refractivity contribution in [2.24, 2.45) is 11.7 Å². The average Bonchev–Trinajstić information content (AvgIpc) is 2.36. The second-order valence-corrected chi connectivity index (χ2v) is 5.73. The summed E-state index contributed by atoms with van der Waals surface area (Å²) in [6.07, 6.45) is 0.428. The summed E-state index contributed by atoms with van der Waals surface area (Å²) in [5.74, 6) is 0.514. The number of nitrogens with one attached hydrogen (secondary N) is 2. The van der Waals surface area contributed by atoms with E-state index in [1.54, 1.807) is 0 Å². The summed E-state index contributed by atoms with van der Waals surface area (Å²) < 4.78 is 0. The topological polar surface area (TPSA) is 67.1 Å². The summed E-state index contributed by atoms with van der Waals surface area (Å²) in [6.45, 7) is 7.41. The Hall–Kier alpha value is -1.62. The Labute approximate surface area is 126 Å². The number of nitrogens with two attached hydrogens (primary N) is 1. The lowest BCUT2D eigenvalue weighted by atomic mass is 10.1. The Balaban J connectivity index is 2.51. The molecule has 1 amide bonds. The molecule has 0 unspecified atom stereocenters. The summed E-state index contributed by atoms with van der Waals surface area (Å²) in [5.41, 5.74) is 8.51. The molecule has 0 saturated carbocycles. The molecule has 0 heterocycles. The van der Waals surface area contributed by atoms with E-state index in [1.165, 1.54) is 0 Å². The molecule has 5 heteroatoms. The molecule has 1 rings (SSSR count). The van der Waals surface area contributed by atoms with Crippen molar-refractivity contribution >= 4 is 28.8 Å². The van der Waals surface area contributed by atoms with Crippen LogP contribution in [0.25, 0.3) is 0 Å². The number of hydrogen-bond acceptors (Lipinski definition) is 3. The number of rotatable bonds is 7. The molecule has 0 saturated heterocycles. The molecule has 20 heavy (non-hydrogen) atoms. The number of amides is 1. The van der Waals surface area contributed by atoms with Gasteiger partial charge in [0.25, 0.3) is 0 Å². The number of anilines is 1. The maximum atomic E-state index is 11.6. The van der Waals surface area contributed by atoms with Crippen LogP contribution in [0.4, 0.5) is 5.69 Å². The molecule has 0 spiro atoms. The summed E-state index contributed by atoms with van der Waals surface area (Å²) in [5, 5.41) is 6.11. The smallest absolute Gasteiger partial charge is 0.221 e. The molecule has 1 aromatic carbocycles. The van der Waals surface area contributed by atoms with Crippen molar-refractivity contribution in [3.05, 3.63) is 29.3 Å². The first-order chi connectivity index (χ1) is 9.40. The molecule has 4 N–H and O–H groups in total. The monoisotopic (exact) mass is 293 g/mol. The first kappa shape index (κ1) is 16.4. The van der Waals surface area contributed by atoms with E-state index in [1.807, 2.05) is 25.1 Å². The van der Waals surface area contributed by atoms with Gasteiger partial charge < -0.3 is 16.4 Å². The zero-order valence-electron chi connectivity index (χ0n) is 12.3. The molecule has 0 aliphatic carbocycles. The highest BCUT2D eigenvalue weighted by molar-refractivity contribution is 7.80. The molecule has 0 aliphatic heterocycles. The first-order valence-corrected chi connectivity index (χ1v) is 7.22. The summed E-state index contributed by atoms with van der Waals surface area (Å²) >= 11 is 5.02. The van der Waals surface area contributed by atoms with Crippen LogP contribution in [-0.2, 0) is 4.79 Å². The standard InChI is InChI=1S/C15H23N3OS/c1-10(2)9-18-14(19)6-7-17-13-8-11(3)4-5-12(13)15(16)20/h4-5,8,10,17H,6-7,9H2,1-3H3,(H2,16,20)(H,18,19). The molecule has 0 fully saturated rings. The van der Waals surface area contributed by atoms with Crippen LogP contribution in [0, 0.1) is 12.8 Å². The predicted molar refractivity (Wildman–Crippen MR) is 88.0 cm³/mol. The maximum absolute atomic E-state index is 11.6. The van der Waals surface area contributed by atoms with Crippen LogP contribution in [0.2, 0.25) is 0 Å². The summed E-state index contributed by atoms with van der Waals surface area (Å²) in [4.78, 5) is 12.0. The van der Waals surface area contributed by atoms with Crippen LogP contribution in [0.15, 0.2) is 18.2 Å². The van der Waals surface area contributed by atoms with E-state index in [9.17, 15) is 4.79 Å². The molecular weight excluding hydrogens is 270 g/mol. The Morgan fingerprint density at radius 1 is 1.40 bits per heavy atom. The fraction of sp³-hybridized carbons (Fsp3) is 0.467. The summed E-state index contributed by atoms with van der Waals surface area (Å²) in [6, 6.07) is 5.86. The minimum absolute atomic E-state index is 0.0516. The third-order valence-corrected chi connectivity index (χ3v) is 3.04. The number of aryl methyl sites for hydroxylation is 1. The zero-order valence-corrected chi connectivity index (χ0v) is 13.1. The minimum atomic E-state index is 0.0516. The minimum Gasteiger partial charge on any atom is -0.389 e. The van der Waals surface area contributed by atoms with Crippen LogP contribution < -0.4 is 16.4 Å². The molecule has 0 aromatic heterocycles. The average molecular weight is 293 g/mol. The Kier molecular flexibility index (Phi) is 6.45. The number of carbonyl (C=O) groups is 1. The Morgan fingerprint density at radius 3 is 2.70 bits per heavy atom. The van der Waals surface area contributed by atoms with Crippen LogP contribution in [0.5, 0.6) is 0 Å². The van der Waals surface area contributed by atoms with E-state index in [0.717, 1.165) is 16.8 Å². The molecule has 110 valence electrons. The van der Waals surface area contributed by atoms with Crippen LogP contribution in [0.3, 0.4) is 0 Å². The Morgan fingerprint density at radius 2 is 2.10 bits per heavy atom. The lowest BCUT2D eigenvalue weighted by Gasteiger charge is -2.12. The van der Waals surface area contributed by atoms with Crippen molar-refractivity contribution in [2.45, 2.75) is 27.2 Å². The molecule has 0 atom stereocenters. The van der Waals surface area contributed by atoms with Gasteiger partial charge in [0.2, 0.25) is 5.91 Å². The van der Waals surface area contributed by atoms with Crippen LogP contribution in [-0.4, -0.2) is 24.0 Å². The largest absolute Gasteiger partial charge is 0.389 e. The first-order valence-electron chi connectivity index (χ1n) is 6.81. The lowest BCUT2D eigenvalue weighted by Crippen LogP contribution is -2.28. The third kappa shape index (κ3) is 5.57. The maximum Gasteiger partial charge on any atom is 0.221 e. The van der Waals surface area contributed by atoms with Crippen LogP contribution in [0.1, 0.15) is 31.4 Å². The molecule has 4 nitrogen and oxygen atoms in total. The van der Waals surface area contributed by atoms with E-state index in [-0.39, 0.29) is 5.91 Å². The van der Waals surface area contributed by atoms with E-state index < -0.39 is 0 Å². The van der Waals surface area contributed by atoms with Crippen molar-refractivity contribution in [1.29, 1.82) is 0 Å². The van der Waals surface area contributed by atoms with Crippen molar-refractivity contribution < 1.29 is 4.79 Å². The van der Waals surface area contributed by atoms with Gasteiger partial charge in [-0.15, -0.1) is 0 Å². The molecule has 0 aliphatic rings. The van der Waals surface area contributed by atoms with Crippen molar-refractivity contribution in [1.82, 2.24) is 5.32 Å². The van der Waals surface area contributed by atoms with Gasteiger partial charge in [0, 0.05) is 30.8 Å². The van der Waals surface area contributed by atoms with E-state index in [4.69, 9.17) is 18.0 Å². The second-order valence-electron chi connectivity index (χ2n) is 5.29. The van der Waals surface area contributed by atoms with Gasteiger partial charge >= 0.3 is 0 Å². The highest BCUT2D eigenvalue weighted by atomic mass is 32.1. The number of hydrogen-bond donors (Lipinski definition) is 3. The predicted octanol–water partition coefficient (Wildman–Crippen LogP) is 2.20. The van der Waals surface area contributed by atoms with Gasteiger partial charge in [0.1, 0.15) is 4.99 Å². The SMILES string of the molecule is Cc1ccc(C(N)=S)c(NCCC(=O)NCC(C)C)c1. The van der Waals surface area contributed by atoms with E-state index in [2.05, 4.69) is 24.5 Å². The molecular formula is C15H23N3OS. The van der Waals surface area contributed by atoms with E-state index in [0.29, 0.717) is 30.4 Å². The molecule has 1 aromatic rings. The van der Waals surface area contributed by atoms with Gasteiger partial charge in [0.15, 0.2) is 0 Å². The summed E-state index contributed by atoms with van der Waals surface area (Å²) in [7, 11) is 0. The highest BCUT2D eigenvalue weighted by Crippen LogP contribution is 2.17. The highest BCUT2D eigenvalue weighted by Gasteiger charge is 2.06. The van der Waals surface area contributed by atoms with Gasteiger partial charge in [-0.05, 0) is 30.5 Å². The normalized spacial score (nSPS) is 10.4. The van der Waals surface area contributed by atoms with Crippen molar-refractivity contribution in [3.63, 3.8) is 0 Å². The fourth-order valence-corrected chi connectivity index (χ4v) is 1.91. The third-order valence-electron chi connectivity index (χ3n) is 2.82. The number of carbonyl (C=O) groups excluding carboxylic acids is 1. The van der Waals surface area contributed by atoms with Gasteiger partial charge in [0.05, 0.1) is 0 Å². The molecule has 0 radical (unpaired) electrons. The number of thiocarbonyl (C=S) groups is 1. The van der Waals surface area contributed by atoms with Crippen molar-refractivity contribution in [2.75, 3.05) is 18.4 Å². The number of benzene rings is 1. The molecule has 0 bridgehead atoms. The zero-order chi connectivity index (χ0) is 15.1.